The van der Waals surface area contributed by atoms with Crippen LogP contribution in [0.15, 0.2) is 49.6 Å². The monoisotopic (exact) mass is 276 g/mol. The lowest BCUT2D eigenvalue weighted by molar-refractivity contribution is 0.475. The number of hydrogen-bond acceptors (Lipinski definition) is 0. The van der Waals surface area contributed by atoms with E-state index in [1.165, 1.54) is 51.4 Å². The first kappa shape index (κ1) is 21.3. The van der Waals surface area contributed by atoms with E-state index in [-0.39, 0.29) is 0 Å². The summed E-state index contributed by atoms with van der Waals surface area (Å²) >= 11 is 0. The highest BCUT2D eigenvalue weighted by atomic mass is 14.1. The maximum absolute atomic E-state index is 3.79. The zero-order chi connectivity index (χ0) is 15.5. The number of hydrogen-bond donors (Lipinski definition) is 0. The van der Waals surface area contributed by atoms with Crippen LogP contribution in [-0.2, 0) is 0 Å². The van der Waals surface area contributed by atoms with Crippen molar-refractivity contribution in [2.24, 2.45) is 5.92 Å². The third-order valence-electron chi connectivity index (χ3n) is 3.17. The molecule has 0 aromatic carbocycles. The lowest BCUT2D eigenvalue weighted by atomic mass is 9.95. The molecule has 0 heteroatoms. The van der Waals surface area contributed by atoms with Crippen LogP contribution < -0.4 is 0 Å². The van der Waals surface area contributed by atoms with Crippen molar-refractivity contribution in [3.05, 3.63) is 49.6 Å². The van der Waals surface area contributed by atoms with Crippen LogP contribution in [0.5, 0.6) is 0 Å². The molecular formula is C20H36. The number of unbranched alkanes of at least 4 members (excludes halogenated alkanes) is 3. The molecule has 0 aromatic rings. The summed E-state index contributed by atoms with van der Waals surface area (Å²) in [6.07, 6.45) is 22.6. The first-order valence-corrected chi connectivity index (χ1v) is 8.26. The highest BCUT2D eigenvalue weighted by Crippen LogP contribution is 2.17. The van der Waals surface area contributed by atoms with Gasteiger partial charge >= 0.3 is 0 Å². The van der Waals surface area contributed by atoms with E-state index in [1.807, 2.05) is 18.2 Å². The Hall–Kier alpha value is -1.04. The van der Waals surface area contributed by atoms with Crippen LogP contribution in [0, 0.1) is 5.92 Å². The second kappa shape index (κ2) is 20.3. The summed E-state index contributed by atoms with van der Waals surface area (Å²) in [5.74, 6) is 0.832. The molecule has 0 amide bonds. The van der Waals surface area contributed by atoms with Crippen LogP contribution in [0.2, 0.25) is 0 Å². The summed E-state index contributed by atoms with van der Waals surface area (Å²) < 4.78 is 0. The zero-order valence-electron chi connectivity index (χ0n) is 14.1. The van der Waals surface area contributed by atoms with Crippen LogP contribution in [0.4, 0.5) is 0 Å². The van der Waals surface area contributed by atoms with Gasteiger partial charge in [0.15, 0.2) is 0 Å². The topological polar surface area (TPSA) is 0 Å². The van der Waals surface area contributed by atoms with Crippen LogP contribution in [0.1, 0.15) is 72.1 Å². The minimum Gasteiger partial charge on any atom is -0.103 e. The first-order valence-electron chi connectivity index (χ1n) is 8.26. The number of rotatable bonds is 11. The van der Waals surface area contributed by atoms with Crippen molar-refractivity contribution >= 4 is 0 Å². The third-order valence-corrected chi connectivity index (χ3v) is 3.17. The molecular weight excluding hydrogens is 240 g/mol. The fraction of sp³-hybridized carbons (Fsp3) is 0.600. The molecule has 116 valence electrons. The van der Waals surface area contributed by atoms with E-state index in [9.17, 15) is 0 Å². The fourth-order valence-corrected chi connectivity index (χ4v) is 1.90. The molecule has 0 radical (unpaired) electrons. The van der Waals surface area contributed by atoms with E-state index in [0.717, 1.165) is 5.92 Å². The van der Waals surface area contributed by atoms with Crippen LogP contribution in [0.25, 0.3) is 0 Å². The number of allylic oxidation sites excluding steroid dienone is 6. The molecule has 0 aromatic heterocycles. The predicted molar refractivity (Wildman–Crippen MR) is 96.1 cm³/mol. The Morgan fingerprint density at radius 2 is 1.65 bits per heavy atom. The van der Waals surface area contributed by atoms with Crippen molar-refractivity contribution in [1.82, 2.24) is 0 Å². The lowest BCUT2D eigenvalue weighted by Crippen LogP contribution is -1.97. The average molecular weight is 277 g/mol. The molecule has 0 saturated heterocycles. The van der Waals surface area contributed by atoms with Gasteiger partial charge in [0.05, 0.1) is 0 Å². The van der Waals surface area contributed by atoms with Crippen molar-refractivity contribution in [3.63, 3.8) is 0 Å². The Bertz CT molecular complexity index is 245. The molecule has 0 spiro atoms. The lowest BCUT2D eigenvalue weighted by Gasteiger charge is -2.11. The summed E-state index contributed by atoms with van der Waals surface area (Å²) in [6, 6.07) is 0. The van der Waals surface area contributed by atoms with Gasteiger partial charge in [0.2, 0.25) is 0 Å². The predicted octanol–water partition coefficient (Wildman–Crippen LogP) is 7.25. The van der Waals surface area contributed by atoms with E-state index in [2.05, 4.69) is 52.2 Å². The van der Waals surface area contributed by atoms with Crippen LogP contribution >= 0.6 is 0 Å². The van der Waals surface area contributed by atoms with Gasteiger partial charge in [-0.1, -0.05) is 82.6 Å². The van der Waals surface area contributed by atoms with Crippen molar-refractivity contribution in [3.8, 4) is 0 Å². The van der Waals surface area contributed by atoms with E-state index in [1.54, 1.807) is 0 Å². The molecule has 0 aliphatic heterocycles. The molecule has 0 N–H and O–H groups in total. The van der Waals surface area contributed by atoms with Gasteiger partial charge in [0, 0.05) is 0 Å². The Kier molecular flexibility index (Phi) is 21.6. The maximum atomic E-state index is 3.79. The minimum atomic E-state index is 0.832. The Morgan fingerprint density at radius 3 is 2.15 bits per heavy atom. The van der Waals surface area contributed by atoms with Gasteiger partial charge < -0.3 is 0 Å². The normalized spacial score (nSPS) is 12.2. The van der Waals surface area contributed by atoms with Crippen molar-refractivity contribution in [2.75, 3.05) is 0 Å². The average Bonchev–Trinajstić information content (AvgIpc) is 2.47. The SMILES string of the molecule is C=CC=CCCCC.C=CCC(CC=CC)CCCC. The quantitative estimate of drug-likeness (QED) is 0.212. The summed E-state index contributed by atoms with van der Waals surface area (Å²) in [5, 5.41) is 0. The molecule has 0 aliphatic carbocycles. The van der Waals surface area contributed by atoms with Gasteiger partial charge in [0.1, 0.15) is 0 Å². The highest BCUT2D eigenvalue weighted by Gasteiger charge is 2.02. The molecule has 1 atom stereocenters. The van der Waals surface area contributed by atoms with Gasteiger partial charge in [-0.25, -0.2) is 0 Å². The van der Waals surface area contributed by atoms with E-state index in [4.69, 9.17) is 0 Å². The standard InChI is InChI=1S/C12H22.C8H14/c1-4-7-10-12(9-6-3)11-8-5-2;1-3-5-7-8-6-4-2/h4,6-7,12H,3,5,8-11H2,1-2H3;3,5,7H,1,4,6,8H2,2H3. The van der Waals surface area contributed by atoms with Crippen LogP contribution in [0.3, 0.4) is 0 Å². The third kappa shape index (κ3) is 19.3. The highest BCUT2D eigenvalue weighted by molar-refractivity contribution is 4.96. The van der Waals surface area contributed by atoms with Crippen LogP contribution in [-0.4, -0.2) is 0 Å². The van der Waals surface area contributed by atoms with Crippen molar-refractivity contribution in [2.45, 2.75) is 72.1 Å². The molecule has 20 heavy (non-hydrogen) atoms. The minimum absolute atomic E-state index is 0.832. The summed E-state index contributed by atoms with van der Waals surface area (Å²) in [5.41, 5.74) is 0. The van der Waals surface area contributed by atoms with E-state index in [0.29, 0.717) is 0 Å². The fourth-order valence-electron chi connectivity index (χ4n) is 1.90. The van der Waals surface area contributed by atoms with Gasteiger partial charge in [0.25, 0.3) is 0 Å². The van der Waals surface area contributed by atoms with Gasteiger partial charge in [-0.3, -0.25) is 0 Å². The molecule has 0 fully saturated rings. The van der Waals surface area contributed by atoms with Crippen molar-refractivity contribution in [1.29, 1.82) is 0 Å². The molecule has 0 saturated carbocycles. The van der Waals surface area contributed by atoms with Gasteiger partial charge in [-0.15, -0.1) is 6.58 Å². The maximum Gasteiger partial charge on any atom is -0.0319 e. The summed E-state index contributed by atoms with van der Waals surface area (Å²) in [4.78, 5) is 0. The molecule has 0 bridgehead atoms. The Labute approximate surface area is 128 Å². The summed E-state index contributed by atoms with van der Waals surface area (Å²) in [6.45, 7) is 13.9. The zero-order valence-corrected chi connectivity index (χ0v) is 14.1. The van der Waals surface area contributed by atoms with Gasteiger partial charge in [-0.05, 0) is 38.5 Å². The summed E-state index contributed by atoms with van der Waals surface area (Å²) in [7, 11) is 0. The second-order valence-corrected chi connectivity index (χ2v) is 5.14. The first-order chi connectivity index (χ1) is 9.76. The smallest absolute Gasteiger partial charge is 0.0319 e. The molecule has 1 unspecified atom stereocenters. The van der Waals surface area contributed by atoms with E-state index >= 15 is 0 Å². The molecule has 0 nitrogen and oxygen atoms in total. The largest absolute Gasteiger partial charge is 0.103 e. The Balaban J connectivity index is 0. The molecule has 0 heterocycles. The Morgan fingerprint density at radius 1 is 0.950 bits per heavy atom. The molecule has 0 rings (SSSR count). The van der Waals surface area contributed by atoms with E-state index < -0.39 is 0 Å². The molecule has 0 aliphatic rings. The van der Waals surface area contributed by atoms with Crippen molar-refractivity contribution < 1.29 is 0 Å². The second-order valence-electron chi connectivity index (χ2n) is 5.14. The van der Waals surface area contributed by atoms with Gasteiger partial charge in [-0.2, -0.15) is 0 Å².